The molecule has 1 fully saturated rings. The monoisotopic (exact) mass is 638 g/mol. The van der Waals surface area contributed by atoms with E-state index in [2.05, 4.69) is 69.0 Å². The largest absolute Gasteiger partial charge is 0.474 e. The van der Waals surface area contributed by atoms with Crippen LogP contribution in [0.1, 0.15) is 35.2 Å². The minimum Gasteiger partial charge on any atom is -0.474 e. The van der Waals surface area contributed by atoms with Crippen LogP contribution in [-0.4, -0.2) is 75.8 Å². The first kappa shape index (κ1) is 33.2. The number of aromatic nitrogens is 1. The van der Waals surface area contributed by atoms with Crippen LogP contribution in [-0.2, 0) is 6.42 Å². The van der Waals surface area contributed by atoms with Crippen molar-refractivity contribution in [2.24, 2.45) is 0 Å². The van der Waals surface area contributed by atoms with Gasteiger partial charge < -0.3 is 30.1 Å². The summed E-state index contributed by atoms with van der Waals surface area (Å²) in [5.74, 6) is -0.354. The maximum atomic E-state index is 14.2. The number of halogens is 1. The van der Waals surface area contributed by atoms with E-state index < -0.39 is 5.82 Å². The Bertz CT molecular complexity index is 1630. The van der Waals surface area contributed by atoms with Gasteiger partial charge in [-0.15, -0.1) is 0 Å². The van der Waals surface area contributed by atoms with Gasteiger partial charge in [-0.2, -0.15) is 0 Å². The SMILES string of the molecule is CN(C)c1ccc(CCCNC(=O)c2ccc(F)cc2NC(=O)N2CCC(Oc3ccc(-c4ccc(N(C)C)cc4)cn3)CC2)cc1. The number of urea groups is 1. The van der Waals surface area contributed by atoms with Gasteiger partial charge in [0.05, 0.1) is 11.3 Å². The molecule has 2 N–H and O–H groups in total. The number of ether oxygens (including phenoxy) is 1. The third-order valence-electron chi connectivity index (χ3n) is 8.32. The molecule has 47 heavy (non-hydrogen) atoms. The van der Waals surface area contributed by atoms with Crippen LogP contribution in [0, 0.1) is 5.82 Å². The van der Waals surface area contributed by atoms with Crippen molar-refractivity contribution in [3.63, 3.8) is 0 Å². The van der Waals surface area contributed by atoms with Gasteiger partial charge in [0.2, 0.25) is 5.88 Å². The number of aryl methyl sites for hydroxylation is 1. The lowest BCUT2D eigenvalue weighted by molar-refractivity contribution is 0.0954. The summed E-state index contributed by atoms with van der Waals surface area (Å²) < 4.78 is 20.3. The lowest BCUT2D eigenvalue weighted by Crippen LogP contribution is -2.44. The number of amides is 3. The molecular weight excluding hydrogens is 595 g/mol. The Hall–Kier alpha value is -5.12. The standard InChI is InChI=1S/C37H43FN6O3/c1-42(2)30-13-7-26(8-14-30)6-5-21-39-36(45)33-17-12-29(38)24-34(33)41-37(46)44-22-19-32(20-23-44)47-35-18-11-28(25-40-35)27-9-15-31(16-10-27)43(3)4/h7-18,24-25,32H,5-6,19-23H2,1-4H3,(H,39,45)(H,41,46). The van der Waals surface area contributed by atoms with Crippen LogP contribution in [0.15, 0.2) is 85.1 Å². The molecule has 0 aliphatic carbocycles. The maximum Gasteiger partial charge on any atom is 0.321 e. The number of carbonyl (C=O) groups is 2. The third-order valence-corrected chi connectivity index (χ3v) is 8.32. The van der Waals surface area contributed by atoms with E-state index in [4.69, 9.17) is 4.74 Å². The van der Waals surface area contributed by atoms with Gasteiger partial charge in [0.25, 0.3) is 5.91 Å². The van der Waals surface area contributed by atoms with Crippen LogP contribution in [0.3, 0.4) is 0 Å². The second kappa shape index (κ2) is 15.4. The van der Waals surface area contributed by atoms with Crippen molar-refractivity contribution >= 4 is 29.0 Å². The number of nitrogens with zero attached hydrogens (tertiary/aromatic N) is 4. The number of rotatable bonds is 11. The van der Waals surface area contributed by atoms with E-state index in [1.807, 2.05) is 45.2 Å². The molecule has 246 valence electrons. The number of nitrogens with one attached hydrogen (secondary N) is 2. The molecular formula is C37H43FN6O3. The van der Waals surface area contributed by atoms with Crippen LogP contribution >= 0.6 is 0 Å². The maximum absolute atomic E-state index is 14.2. The molecule has 0 radical (unpaired) electrons. The lowest BCUT2D eigenvalue weighted by atomic mass is 10.1. The molecule has 0 spiro atoms. The number of hydrogen-bond acceptors (Lipinski definition) is 6. The third kappa shape index (κ3) is 9.00. The Morgan fingerprint density at radius 1 is 0.872 bits per heavy atom. The molecule has 3 aromatic carbocycles. The highest BCUT2D eigenvalue weighted by Gasteiger charge is 2.25. The number of carbonyl (C=O) groups excluding carboxylic acids is 2. The minimum absolute atomic E-state index is 0.0850. The molecule has 0 bridgehead atoms. The van der Waals surface area contributed by atoms with Crippen LogP contribution in [0.2, 0.25) is 0 Å². The molecule has 9 nitrogen and oxygen atoms in total. The van der Waals surface area contributed by atoms with Crippen molar-refractivity contribution in [1.29, 1.82) is 0 Å². The fraction of sp³-hybridized carbons (Fsp3) is 0.324. The fourth-order valence-electron chi connectivity index (χ4n) is 5.48. The summed E-state index contributed by atoms with van der Waals surface area (Å²) in [6.45, 7) is 1.37. The molecule has 10 heteroatoms. The Kier molecular flexibility index (Phi) is 10.9. The second-order valence-electron chi connectivity index (χ2n) is 12.2. The molecule has 5 rings (SSSR count). The van der Waals surface area contributed by atoms with E-state index in [-0.39, 0.29) is 29.3 Å². The van der Waals surface area contributed by atoms with Crippen molar-refractivity contribution in [2.75, 3.05) is 62.9 Å². The zero-order valence-electron chi connectivity index (χ0n) is 27.5. The number of benzene rings is 3. The Labute approximate surface area is 276 Å². The fourth-order valence-corrected chi connectivity index (χ4v) is 5.48. The zero-order valence-corrected chi connectivity index (χ0v) is 27.5. The molecule has 4 aromatic rings. The Balaban J connectivity index is 1.08. The summed E-state index contributed by atoms with van der Waals surface area (Å²) in [6.07, 6.45) is 4.53. The first-order valence-electron chi connectivity index (χ1n) is 16.0. The normalized spacial score (nSPS) is 13.2. The van der Waals surface area contributed by atoms with Gasteiger partial charge in [0.1, 0.15) is 11.9 Å². The van der Waals surface area contributed by atoms with E-state index >= 15 is 0 Å². The highest BCUT2D eigenvalue weighted by molar-refractivity contribution is 6.03. The smallest absolute Gasteiger partial charge is 0.321 e. The van der Waals surface area contributed by atoms with Crippen molar-refractivity contribution in [1.82, 2.24) is 15.2 Å². The lowest BCUT2D eigenvalue weighted by Gasteiger charge is -2.32. The predicted molar refractivity (Wildman–Crippen MR) is 186 cm³/mol. The highest BCUT2D eigenvalue weighted by atomic mass is 19.1. The van der Waals surface area contributed by atoms with E-state index in [0.717, 1.165) is 35.3 Å². The summed E-state index contributed by atoms with van der Waals surface area (Å²) in [4.78, 5) is 36.4. The minimum atomic E-state index is -0.533. The van der Waals surface area contributed by atoms with Crippen LogP contribution in [0.4, 0.5) is 26.2 Å². The number of piperidine rings is 1. The van der Waals surface area contributed by atoms with Gasteiger partial charge in [-0.3, -0.25) is 4.79 Å². The topological polar surface area (TPSA) is 90.0 Å². The van der Waals surface area contributed by atoms with Crippen molar-refractivity contribution in [3.05, 3.63) is 102 Å². The van der Waals surface area contributed by atoms with E-state index in [9.17, 15) is 14.0 Å². The van der Waals surface area contributed by atoms with Gasteiger partial charge in [0.15, 0.2) is 0 Å². The molecule has 1 aromatic heterocycles. The average Bonchev–Trinajstić information content (AvgIpc) is 3.07. The molecule has 1 aliphatic rings. The number of pyridine rings is 1. The van der Waals surface area contributed by atoms with Crippen LogP contribution < -0.4 is 25.2 Å². The summed E-state index contributed by atoms with van der Waals surface area (Å²) in [5.41, 5.74) is 5.90. The Morgan fingerprint density at radius 2 is 1.51 bits per heavy atom. The number of likely N-dealkylation sites (tertiary alicyclic amines) is 1. The second-order valence-corrected chi connectivity index (χ2v) is 12.2. The van der Waals surface area contributed by atoms with Gasteiger partial charge in [-0.1, -0.05) is 24.3 Å². The van der Waals surface area contributed by atoms with E-state index in [1.54, 1.807) is 11.1 Å². The zero-order chi connectivity index (χ0) is 33.3. The molecule has 0 unspecified atom stereocenters. The summed E-state index contributed by atoms with van der Waals surface area (Å²) in [7, 11) is 8.02. The van der Waals surface area contributed by atoms with Crippen molar-refractivity contribution in [3.8, 4) is 17.0 Å². The first-order chi connectivity index (χ1) is 22.7. The summed E-state index contributed by atoms with van der Waals surface area (Å²) >= 11 is 0. The molecule has 0 saturated carbocycles. The summed E-state index contributed by atoms with van der Waals surface area (Å²) in [6, 6.07) is 23.9. The quantitative estimate of drug-likeness (QED) is 0.184. The van der Waals surface area contributed by atoms with Gasteiger partial charge in [-0.05, 0) is 72.5 Å². The summed E-state index contributed by atoms with van der Waals surface area (Å²) in [5, 5.41) is 5.66. The first-order valence-corrected chi connectivity index (χ1v) is 16.0. The average molecular weight is 639 g/mol. The Morgan fingerprint density at radius 3 is 2.13 bits per heavy atom. The number of anilines is 3. The van der Waals surface area contributed by atoms with E-state index in [1.165, 1.54) is 23.8 Å². The van der Waals surface area contributed by atoms with Crippen molar-refractivity contribution in [2.45, 2.75) is 31.8 Å². The van der Waals surface area contributed by atoms with Gasteiger partial charge in [-0.25, -0.2) is 14.2 Å². The number of hydrogen-bond donors (Lipinski definition) is 2. The molecule has 1 saturated heterocycles. The molecule has 3 amide bonds. The van der Waals surface area contributed by atoms with Crippen LogP contribution in [0.5, 0.6) is 5.88 Å². The van der Waals surface area contributed by atoms with Gasteiger partial charge >= 0.3 is 6.03 Å². The van der Waals surface area contributed by atoms with Crippen molar-refractivity contribution < 1.29 is 18.7 Å². The highest BCUT2D eigenvalue weighted by Crippen LogP contribution is 2.25. The van der Waals surface area contributed by atoms with Crippen LogP contribution in [0.25, 0.3) is 11.1 Å². The molecule has 2 heterocycles. The molecule has 1 aliphatic heterocycles. The van der Waals surface area contributed by atoms with E-state index in [0.29, 0.717) is 38.4 Å². The van der Waals surface area contributed by atoms with Gasteiger partial charge in [0, 0.05) is 89.9 Å². The molecule has 0 atom stereocenters. The predicted octanol–water partition coefficient (Wildman–Crippen LogP) is 6.46.